The lowest BCUT2D eigenvalue weighted by atomic mass is 10.0. The number of aromatic nitrogens is 3. The van der Waals surface area contributed by atoms with Crippen molar-refractivity contribution >= 4 is 46.6 Å². The molecule has 11 heteroatoms. The van der Waals surface area contributed by atoms with Gasteiger partial charge in [0, 0.05) is 42.3 Å². The van der Waals surface area contributed by atoms with Gasteiger partial charge >= 0.3 is 6.03 Å². The van der Waals surface area contributed by atoms with Crippen LogP contribution in [0.3, 0.4) is 0 Å². The van der Waals surface area contributed by atoms with E-state index in [9.17, 15) is 4.79 Å². The summed E-state index contributed by atoms with van der Waals surface area (Å²) in [5, 5.41) is 5.83. The zero-order valence-electron chi connectivity index (χ0n) is 18.9. The van der Waals surface area contributed by atoms with Gasteiger partial charge in [-0.3, -0.25) is 4.98 Å². The number of urea groups is 1. The van der Waals surface area contributed by atoms with E-state index in [0.717, 1.165) is 5.56 Å². The highest BCUT2D eigenvalue weighted by atomic mass is 35.5. The third-order valence-electron chi connectivity index (χ3n) is 5.65. The van der Waals surface area contributed by atoms with E-state index in [1.165, 1.54) is 12.1 Å². The second-order valence-corrected chi connectivity index (χ2v) is 8.81. The van der Waals surface area contributed by atoms with Crippen LogP contribution in [-0.4, -0.2) is 47.3 Å². The average Bonchev–Trinajstić information content (AvgIpc) is 3.34. The van der Waals surface area contributed by atoms with E-state index in [4.69, 9.17) is 32.9 Å². The summed E-state index contributed by atoms with van der Waals surface area (Å²) in [5.74, 6) is 0.00681. The van der Waals surface area contributed by atoms with Crippen LogP contribution in [0.25, 0.3) is 22.5 Å². The van der Waals surface area contributed by atoms with E-state index < -0.39 is 11.8 Å². The topological polar surface area (TPSA) is 95.2 Å². The number of amides is 2. The monoisotopic (exact) mass is 526 g/mol. The number of ether oxygens (including phenoxy) is 1. The van der Waals surface area contributed by atoms with Crippen LogP contribution in [0.4, 0.5) is 26.5 Å². The van der Waals surface area contributed by atoms with Gasteiger partial charge in [-0.25, -0.2) is 14.2 Å². The first-order chi connectivity index (χ1) is 17.5. The Kier molecular flexibility index (Phi) is 7.04. The Morgan fingerprint density at radius 2 is 1.81 bits per heavy atom. The quantitative estimate of drug-likeness (QED) is 0.293. The van der Waals surface area contributed by atoms with Crippen molar-refractivity contribution in [3.8, 4) is 22.5 Å². The van der Waals surface area contributed by atoms with Gasteiger partial charge in [0.25, 0.3) is 0 Å². The third-order valence-corrected chi connectivity index (χ3v) is 6.39. The predicted molar refractivity (Wildman–Crippen MR) is 139 cm³/mol. The van der Waals surface area contributed by atoms with Crippen LogP contribution in [0.5, 0.6) is 0 Å². The number of carbonyl (C=O) groups is 1. The van der Waals surface area contributed by atoms with Crippen LogP contribution in [0.1, 0.15) is 0 Å². The van der Waals surface area contributed by atoms with E-state index in [-0.39, 0.29) is 11.3 Å². The number of morpholine rings is 1. The van der Waals surface area contributed by atoms with Crippen molar-refractivity contribution in [1.82, 2.24) is 15.0 Å². The number of H-pyrrole nitrogens is 1. The van der Waals surface area contributed by atoms with E-state index in [1.54, 1.807) is 36.7 Å². The van der Waals surface area contributed by atoms with Crippen LogP contribution in [0.15, 0.2) is 60.9 Å². The fourth-order valence-electron chi connectivity index (χ4n) is 3.88. The van der Waals surface area contributed by atoms with Crippen LogP contribution in [0, 0.1) is 5.82 Å². The molecule has 8 nitrogen and oxygen atoms in total. The molecule has 0 spiro atoms. The summed E-state index contributed by atoms with van der Waals surface area (Å²) in [6, 6.07) is 12.4. The number of pyridine rings is 1. The molecular formula is C25H21Cl2FN6O2. The lowest BCUT2D eigenvalue weighted by molar-refractivity contribution is 0.122. The molecule has 0 radical (unpaired) electrons. The van der Waals surface area contributed by atoms with Crippen molar-refractivity contribution < 1.29 is 13.9 Å². The number of anilines is 3. The van der Waals surface area contributed by atoms with Crippen molar-refractivity contribution in [1.29, 1.82) is 0 Å². The van der Waals surface area contributed by atoms with E-state index in [1.807, 2.05) is 12.1 Å². The Morgan fingerprint density at radius 1 is 1.03 bits per heavy atom. The van der Waals surface area contributed by atoms with Gasteiger partial charge in [0.1, 0.15) is 5.69 Å². The number of halogens is 3. The summed E-state index contributed by atoms with van der Waals surface area (Å²) in [6.45, 7) is 2.51. The molecule has 0 unspecified atom stereocenters. The molecule has 2 aromatic carbocycles. The molecule has 184 valence electrons. The zero-order valence-corrected chi connectivity index (χ0v) is 20.4. The highest BCUT2D eigenvalue weighted by Gasteiger charge is 2.23. The Morgan fingerprint density at radius 3 is 2.56 bits per heavy atom. The predicted octanol–water partition coefficient (Wildman–Crippen LogP) is 6.07. The third kappa shape index (κ3) is 5.13. The number of nitrogens with zero attached hydrogens (tertiary/aromatic N) is 3. The lowest BCUT2D eigenvalue weighted by Gasteiger charge is -2.26. The zero-order chi connectivity index (χ0) is 25.1. The highest BCUT2D eigenvalue weighted by molar-refractivity contribution is 6.42. The molecule has 1 fully saturated rings. The maximum atomic E-state index is 15.7. The molecule has 4 aromatic rings. The molecule has 2 amide bonds. The lowest BCUT2D eigenvalue weighted by Crippen LogP contribution is -2.36. The number of aromatic amines is 1. The molecular weight excluding hydrogens is 506 g/mol. The van der Waals surface area contributed by atoms with Crippen molar-refractivity contribution in [3.05, 3.63) is 76.8 Å². The van der Waals surface area contributed by atoms with Gasteiger partial charge in [-0.15, -0.1) is 0 Å². The summed E-state index contributed by atoms with van der Waals surface area (Å²) in [5.41, 5.74) is 2.54. The fraction of sp³-hybridized carbons (Fsp3) is 0.160. The molecule has 0 bridgehead atoms. The van der Waals surface area contributed by atoms with E-state index >= 15 is 4.39 Å². The molecule has 36 heavy (non-hydrogen) atoms. The Labute approximate surface area is 216 Å². The Balaban J connectivity index is 1.46. The summed E-state index contributed by atoms with van der Waals surface area (Å²) in [6.07, 6.45) is 3.33. The van der Waals surface area contributed by atoms with Crippen LogP contribution >= 0.6 is 23.2 Å². The summed E-state index contributed by atoms with van der Waals surface area (Å²) >= 11 is 11.9. The number of hydrogen-bond acceptors (Lipinski definition) is 5. The number of rotatable bonds is 5. The Hall–Kier alpha value is -3.66. The average molecular weight is 527 g/mol. The molecule has 1 aliphatic heterocycles. The van der Waals surface area contributed by atoms with Gasteiger partial charge < -0.3 is 25.3 Å². The van der Waals surface area contributed by atoms with E-state index in [0.29, 0.717) is 59.4 Å². The molecule has 2 aromatic heterocycles. The standard InChI is InChI=1S/C25H21Cl2FN6O2/c26-18-5-4-16(14-19(18)27)30-25(35)31-20-3-1-2-17(21(20)28)23-22(15-6-8-29-9-7-15)32-24(33-23)34-10-12-36-13-11-34/h1-9,14H,10-13H2,(H,32,33)(H2,30,31,35). The molecule has 1 saturated heterocycles. The number of carbonyl (C=O) groups excluding carboxylic acids is 1. The SMILES string of the molecule is O=C(Nc1ccc(Cl)c(Cl)c1)Nc1cccc(-c2nc(N3CCOCC3)[nH]c2-c2ccncc2)c1F. The van der Waals surface area contributed by atoms with E-state index in [2.05, 4.69) is 25.5 Å². The molecule has 1 aliphatic rings. The molecule has 5 rings (SSSR count). The fourth-order valence-corrected chi connectivity index (χ4v) is 4.18. The van der Waals surface area contributed by atoms with Crippen molar-refractivity contribution in [2.75, 3.05) is 41.8 Å². The molecule has 3 N–H and O–H groups in total. The number of imidazole rings is 1. The van der Waals surface area contributed by atoms with Gasteiger partial charge in [0.15, 0.2) is 5.82 Å². The molecule has 0 saturated carbocycles. The summed E-state index contributed by atoms with van der Waals surface area (Å²) < 4.78 is 21.2. The van der Waals surface area contributed by atoms with Crippen LogP contribution < -0.4 is 15.5 Å². The smallest absolute Gasteiger partial charge is 0.323 e. The van der Waals surface area contributed by atoms with Gasteiger partial charge in [-0.05, 0) is 42.5 Å². The van der Waals surface area contributed by atoms with Gasteiger partial charge in [-0.1, -0.05) is 29.3 Å². The van der Waals surface area contributed by atoms with Crippen molar-refractivity contribution in [2.24, 2.45) is 0 Å². The normalized spacial score (nSPS) is 13.5. The highest BCUT2D eigenvalue weighted by Crippen LogP contribution is 2.36. The minimum atomic E-state index is -0.630. The second-order valence-electron chi connectivity index (χ2n) is 7.99. The molecule has 0 atom stereocenters. The van der Waals surface area contributed by atoms with Gasteiger partial charge in [0.05, 0.1) is 34.6 Å². The number of benzene rings is 2. The first-order valence-corrected chi connectivity index (χ1v) is 11.9. The molecule has 0 aliphatic carbocycles. The Bertz CT molecular complexity index is 1390. The van der Waals surface area contributed by atoms with Gasteiger partial charge in [0.2, 0.25) is 5.95 Å². The van der Waals surface area contributed by atoms with Crippen LogP contribution in [0.2, 0.25) is 10.0 Å². The summed E-state index contributed by atoms with van der Waals surface area (Å²) in [7, 11) is 0. The summed E-state index contributed by atoms with van der Waals surface area (Å²) in [4.78, 5) is 26.8. The van der Waals surface area contributed by atoms with Crippen LogP contribution in [-0.2, 0) is 4.74 Å². The maximum absolute atomic E-state index is 15.7. The number of hydrogen-bond donors (Lipinski definition) is 3. The largest absolute Gasteiger partial charge is 0.378 e. The van der Waals surface area contributed by atoms with Crippen molar-refractivity contribution in [2.45, 2.75) is 0 Å². The van der Waals surface area contributed by atoms with Gasteiger partial charge in [-0.2, -0.15) is 0 Å². The second kappa shape index (κ2) is 10.5. The minimum Gasteiger partial charge on any atom is -0.378 e. The maximum Gasteiger partial charge on any atom is 0.323 e. The molecule has 3 heterocycles. The first-order valence-electron chi connectivity index (χ1n) is 11.1. The first kappa shape index (κ1) is 24.1. The minimum absolute atomic E-state index is 0.00154. The van der Waals surface area contributed by atoms with Crippen molar-refractivity contribution in [3.63, 3.8) is 0 Å². The number of nitrogens with one attached hydrogen (secondary N) is 3.